The Morgan fingerprint density at radius 1 is 1.15 bits per heavy atom. The van der Waals surface area contributed by atoms with Crippen molar-refractivity contribution in [2.24, 2.45) is 5.73 Å². The number of ether oxygens (including phenoxy) is 1. The molecule has 0 spiro atoms. The highest BCUT2D eigenvalue weighted by Crippen LogP contribution is 2.19. The van der Waals surface area contributed by atoms with E-state index in [9.17, 15) is 9.90 Å². The molecule has 0 aromatic heterocycles. The first-order valence-electron chi connectivity index (χ1n) is 6.23. The van der Waals surface area contributed by atoms with Gasteiger partial charge in [0.2, 0.25) is 0 Å². The van der Waals surface area contributed by atoms with Crippen LogP contribution in [0.2, 0.25) is 0 Å². The third kappa shape index (κ3) is 3.49. The first kappa shape index (κ1) is 13.9. The normalized spacial score (nSPS) is 10.1. The molecular weight excluding hydrogens is 256 g/mol. The summed E-state index contributed by atoms with van der Waals surface area (Å²) in [6.07, 6.45) is 0. The molecule has 20 heavy (non-hydrogen) atoms. The van der Waals surface area contributed by atoms with Gasteiger partial charge in [0.1, 0.15) is 18.1 Å². The smallest absolute Gasteiger partial charge is 0.259 e. The zero-order valence-corrected chi connectivity index (χ0v) is 10.9. The number of hydrogen-bond acceptors (Lipinski definition) is 4. The van der Waals surface area contributed by atoms with Gasteiger partial charge in [0, 0.05) is 12.2 Å². The van der Waals surface area contributed by atoms with E-state index in [0.717, 1.165) is 0 Å². The Bertz CT molecular complexity index is 582. The summed E-state index contributed by atoms with van der Waals surface area (Å²) in [6, 6.07) is 13.3. The molecule has 0 saturated carbocycles. The number of nitrogens with two attached hydrogens (primary N) is 1. The molecule has 5 nitrogen and oxygen atoms in total. The van der Waals surface area contributed by atoms with E-state index in [0.29, 0.717) is 24.6 Å². The van der Waals surface area contributed by atoms with Crippen LogP contribution < -0.4 is 15.8 Å². The molecule has 0 unspecified atom stereocenters. The molecule has 0 saturated heterocycles. The Labute approximate surface area is 117 Å². The van der Waals surface area contributed by atoms with E-state index >= 15 is 0 Å². The number of para-hydroxylation sites is 1. The Morgan fingerprint density at radius 2 is 1.85 bits per heavy atom. The molecule has 0 heterocycles. The topological polar surface area (TPSA) is 84.6 Å². The first-order valence-corrected chi connectivity index (χ1v) is 6.23. The fourth-order valence-corrected chi connectivity index (χ4v) is 1.68. The van der Waals surface area contributed by atoms with Gasteiger partial charge in [-0.1, -0.05) is 12.1 Å². The quantitative estimate of drug-likeness (QED) is 0.777. The number of nitrogens with one attached hydrogen (secondary N) is 1. The number of amides is 1. The summed E-state index contributed by atoms with van der Waals surface area (Å²) < 4.78 is 5.34. The summed E-state index contributed by atoms with van der Waals surface area (Å²) in [5.74, 6) is 0.280. The molecule has 104 valence electrons. The predicted molar refractivity (Wildman–Crippen MR) is 77.1 cm³/mol. The molecule has 2 rings (SSSR count). The highest BCUT2D eigenvalue weighted by molar-refractivity contribution is 6.06. The molecule has 2 aromatic carbocycles. The van der Waals surface area contributed by atoms with Crippen molar-refractivity contribution in [1.29, 1.82) is 0 Å². The maximum atomic E-state index is 12.0. The van der Waals surface area contributed by atoms with Gasteiger partial charge in [0.25, 0.3) is 5.91 Å². The number of phenolic OH excluding ortho intramolecular Hbond substituents is 1. The molecule has 0 fully saturated rings. The number of aromatic hydroxyl groups is 1. The molecule has 0 aliphatic carbocycles. The number of anilines is 1. The van der Waals surface area contributed by atoms with Gasteiger partial charge in [-0.15, -0.1) is 0 Å². The van der Waals surface area contributed by atoms with Crippen LogP contribution in [0.15, 0.2) is 48.5 Å². The standard InChI is InChI=1S/C15H16N2O3/c16-9-10-20-12-7-5-11(6-8-12)17-15(19)13-3-1-2-4-14(13)18/h1-8,18H,9-10,16H2,(H,17,19). The molecule has 0 aliphatic heterocycles. The number of hydrogen-bond donors (Lipinski definition) is 3. The summed E-state index contributed by atoms with van der Waals surface area (Å²) in [5, 5.41) is 12.3. The fourth-order valence-electron chi connectivity index (χ4n) is 1.68. The van der Waals surface area contributed by atoms with Crippen molar-refractivity contribution in [3.05, 3.63) is 54.1 Å². The van der Waals surface area contributed by atoms with Crippen molar-refractivity contribution in [3.63, 3.8) is 0 Å². The second kappa shape index (κ2) is 6.58. The maximum absolute atomic E-state index is 12.0. The van der Waals surface area contributed by atoms with Crippen LogP contribution in [0.1, 0.15) is 10.4 Å². The van der Waals surface area contributed by atoms with Gasteiger partial charge >= 0.3 is 0 Å². The first-order chi connectivity index (χ1) is 9.70. The number of carbonyl (C=O) groups is 1. The van der Waals surface area contributed by atoms with Crippen LogP contribution in [0.5, 0.6) is 11.5 Å². The number of carbonyl (C=O) groups excluding carboxylic acids is 1. The van der Waals surface area contributed by atoms with Gasteiger partial charge in [-0.3, -0.25) is 4.79 Å². The minimum Gasteiger partial charge on any atom is -0.507 e. The van der Waals surface area contributed by atoms with E-state index in [1.165, 1.54) is 6.07 Å². The fraction of sp³-hybridized carbons (Fsp3) is 0.133. The second-order valence-electron chi connectivity index (χ2n) is 4.13. The Balaban J connectivity index is 2.03. The van der Waals surface area contributed by atoms with Crippen molar-refractivity contribution >= 4 is 11.6 Å². The Hall–Kier alpha value is -2.53. The number of rotatable bonds is 5. The zero-order chi connectivity index (χ0) is 14.4. The van der Waals surface area contributed by atoms with E-state index in [4.69, 9.17) is 10.5 Å². The van der Waals surface area contributed by atoms with E-state index in [-0.39, 0.29) is 17.2 Å². The summed E-state index contributed by atoms with van der Waals surface area (Å²) in [7, 11) is 0. The van der Waals surface area contributed by atoms with Crippen LogP contribution in [-0.2, 0) is 0 Å². The van der Waals surface area contributed by atoms with Crippen molar-refractivity contribution in [1.82, 2.24) is 0 Å². The monoisotopic (exact) mass is 272 g/mol. The summed E-state index contributed by atoms with van der Waals surface area (Å²) in [4.78, 5) is 12.0. The lowest BCUT2D eigenvalue weighted by molar-refractivity contribution is 0.102. The summed E-state index contributed by atoms with van der Waals surface area (Å²) >= 11 is 0. The molecule has 0 aliphatic rings. The third-order valence-electron chi connectivity index (χ3n) is 2.65. The summed E-state index contributed by atoms with van der Waals surface area (Å²) in [6.45, 7) is 0.898. The van der Waals surface area contributed by atoms with Crippen LogP contribution in [-0.4, -0.2) is 24.2 Å². The molecule has 0 atom stereocenters. The Morgan fingerprint density at radius 3 is 2.50 bits per heavy atom. The van der Waals surface area contributed by atoms with E-state index in [2.05, 4.69) is 5.32 Å². The van der Waals surface area contributed by atoms with Crippen molar-refractivity contribution in [2.45, 2.75) is 0 Å². The van der Waals surface area contributed by atoms with Gasteiger partial charge in [0.05, 0.1) is 5.56 Å². The Kier molecular flexibility index (Phi) is 4.57. The molecule has 0 radical (unpaired) electrons. The predicted octanol–water partition coefficient (Wildman–Crippen LogP) is 1.98. The van der Waals surface area contributed by atoms with Crippen LogP contribution in [0.3, 0.4) is 0 Å². The highest BCUT2D eigenvalue weighted by atomic mass is 16.5. The molecule has 1 amide bonds. The van der Waals surface area contributed by atoms with Crippen molar-refractivity contribution < 1.29 is 14.6 Å². The largest absolute Gasteiger partial charge is 0.507 e. The third-order valence-corrected chi connectivity index (χ3v) is 2.65. The highest BCUT2D eigenvalue weighted by Gasteiger charge is 2.10. The molecule has 4 N–H and O–H groups in total. The van der Waals surface area contributed by atoms with E-state index < -0.39 is 0 Å². The lowest BCUT2D eigenvalue weighted by Gasteiger charge is -2.08. The van der Waals surface area contributed by atoms with Gasteiger partial charge in [-0.25, -0.2) is 0 Å². The lowest BCUT2D eigenvalue weighted by Crippen LogP contribution is -2.12. The lowest BCUT2D eigenvalue weighted by atomic mass is 10.2. The SMILES string of the molecule is NCCOc1ccc(NC(=O)c2ccccc2O)cc1. The van der Waals surface area contributed by atoms with Gasteiger partial charge < -0.3 is 20.9 Å². The summed E-state index contributed by atoms with van der Waals surface area (Å²) in [5.41, 5.74) is 6.20. The van der Waals surface area contributed by atoms with Crippen LogP contribution >= 0.6 is 0 Å². The van der Waals surface area contributed by atoms with Gasteiger partial charge in [0.15, 0.2) is 0 Å². The minimum absolute atomic E-state index is 0.0482. The van der Waals surface area contributed by atoms with Crippen LogP contribution in [0.4, 0.5) is 5.69 Å². The number of phenols is 1. The van der Waals surface area contributed by atoms with Crippen molar-refractivity contribution in [2.75, 3.05) is 18.5 Å². The van der Waals surface area contributed by atoms with Crippen LogP contribution in [0, 0.1) is 0 Å². The molecular formula is C15H16N2O3. The van der Waals surface area contributed by atoms with E-state index in [1.54, 1.807) is 42.5 Å². The average molecular weight is 272 g/mol. The van der Waals surface area contributed by atoms with Crippen LogP contribution in [0.25, 0.3) is 0 Å². The van der Waals surface area contributed by atoms with Gasteiger partial charge in [-0.05, 0) is 36.4 Å². The molecule has 0 bridgehead atoms. The average Bonchev–Trinajstić information content (AvgIpc) is 2.47. The molecule has 5 heteroatoms. The van der Waals surface area contributed by atoms with Gasteiger partial charge in [-0.2, -0.15) is 0 Å². The number of benzene rings is 2. The minimum atomic E-state index is -0.362. The van der Waals surface area contributed by atoms with E-state index in [1.807, 2.05) is 0 Å². The molecule has 2 aromatic rings. The zero-order valence-electron chi connectivity index (χ0n) is 10.9. The second-order valence-corrected chi connectivity index (χ2v) is 4.13. The van der Waals surface area contributed by atoms with Crippen molar-refractivity contribution in [3.8, 4) is 11.5 Å². The maximum Gasteiger partial charge on any atom is 0.259 e.